The molecule has 0 radical (unpaired) electrons. The second-order valence-electron chi connectivity index (χ2n) is 3.11. The van der Waals surface area contributed by atoms with Gasteiger partial charge in [-0.3, -0.25) is 0 Å². The average Bonchev–Trinajstić information content (AvgIpc) is 2.50. The SMILES string of the molecule is COC(=O)N1CCCC1C(C)O. The van der Waals surface area contributed by atoms with Crippen LogP contribution in [-0.4, -0.2) is 41.9 Å². The molecule has 1 rings (SSSR count). The minimum atomic E-state index is -0.466. The van der Waals surface area contributed by atoms with Crippen molar-refractivity contribution in [1.29, 1.82) is 0 Å². The Morgan fingerprint density at radius 1 is 1.75 bits per heavy atom. The first-order valence-electron chi connectivity index (χ1n) is 4.19. The lowest BCUT2D eigenvalue weighted by Crippen LogP contribution is -2.41. The molecule has 4 nitrogen and oxygen atoms in total. The number of rotatable bonds is 1. The highest BCUT2D eigenvalue weighted by atomic mass is 16.5. The fourth-order valence-electron chi connectivity index (χ4n) is 1.64. The zero-order valence-electron chi connectivity index (χ0n) is 7.49. The average molecular weight is 173 g/mol. The smallest absolute Gasteiger partial charge is 0.409 e. The molecule has 12 heavy (non-hydrogen) atoms. The molecule has 0 aliphatic carbocycles. The molecule has 1 N–H and O–H groups in total. The summed E-state index contributed by atoms with van der Waals surface area (Å²) >= 11 is 0. The summed E-state index contributed by atoms with van der Waals surface area (Å²) in [6, 6.07) is -0.0579. The van der Waals surface area contributed by atoms with Crippen molar-refractivity contribution in [2.75, 3.05) is 13.7 Å². The summed E-state index contributed by atoms with van der Waals surface area (Å²) in [7, 11) is 1.36. The van der Waals surface area contributed by atoms with Gasteiger partial charge in [0.1, 0.15) is 0 Å². The molecular formula is C8H15NO3. The van der Waals surface area contributed by atoms with Gasteiger partial charge in [0.05, 0.1) is 19.3 Å². The molecule has 1 aliphatic heterocycles. The number of ether oxygens (including phenoxy) is 1. The predicted octanol–water partition coefficient (Wildman–Crippen LogP) is 0.598. The summed E-state index contributed by atoms with van der Waals surface area (Å²) in [5.41, 5.74) is 0. The number of carbonyl (C=O) groups excluding carboxylic acids is 1. The van der Waals surface area contributed by atoms with Gasteiger partial charge in [0.15, 0.2) is 0 Å². The third-order valence-electron chi connectivity index (χ3n) is 2.27. The third kappa shape index (κ3) is 1.69. The summed E-state index contributed by atoms with van der Waals surface area (Å²) in [5.74, 6) is 0. The Morgan fingerprint density at radius 3 is 2.92 bits per heavy atom. The van der Waals surface area contributed by atoms with Crippen LogP contribution in [0, 0.1) is 0 Å². The predicted molar refractivity (Wildman–Crippen MR) is 43.8 cm³/mol. The van der Waals surface area contributed by atoms with E-state index in [0.29, 0.717) is 6.54 Å². The van der Waals surface area contributed by atoms with Gasteiger partial charge in [0.2, 0.25) is 0 Å². The van der Waals surface area contributed by atoms with Crippen LogP contribution in [0.5, 0.6) is 0 Å². The van der Waals surface area contributed by atoms with Crippen molar-refractivity contribution in [3.63, 3.8) is 0 Å². The van der Waals surface area contributed by atoms with Crippen molar-refractivity contribution in [2.24, 2.45) is 0 Å². The minimum Gasteiger partial charge on any atom is -0.453 e. The molecule has 4 heteroatoms. The van der Waals surface area contributed by atoms with Gasteiger partial charge in [-0.25, -0.2) is 4.79 Å². The maximum atomic E-state index is 11.1. The largest absolute Gasteiger partial charge is 0.453 e. The Balaban J connectivity index is 2.57. The fraction of sp³-hybridized carbons (Fsp3) is 0.875. The highest BCUT2D eigenvalue weighted by Crippen LogP contribution is 2.20. The van der Waals surface area contributed by atoms with E-state index in [1.54, 1.807) is 11.8 Å². The lowest BCUT2D eigenvalue weighted by Gasteiger charge is -2.25. The molecule has 0 saturated carbocycles. The number of methoxy groups -OCH3 is 1. The zero-order valence-corrected chi connectivity index (χ0v) is 7.49. The van der Waals surface area contributed by atoms with E-state index in [9.17, 15) is 9.90 Å². The molecule has 2 atom stereocenters. The minimum absolute atomic E-state index is 0.0579. The Bertz CT molecular complexity index is 170. The van der Waals surface area contributed by atoms with Gasteiger partial charge in [-0.1, -0.05) is 0 Å². The first-order chi connectivity index (χ1) is 5.66. The van der Waals surface area contributed by atoms with Crippen molar-refractivity contribution >= 4 is 6.09 Å². The van der Waals surface area contributed by atoms with Crippen LogP contribution >= 0.6 is 0 Å². The van der Waals surface area contributed by atoms with E-state index in [1.165, 1.54) is 7.11 Å². The lowest BCUT2D eigenvalue weighted by molar-refractivity contribution is 0.0689. The molecule has 0 aromatic heterocycles. The zero-order chi connectivity index (χ0) is 9.14. The Hall–Kier alpha value is -0.770. The maximum absolute atomic E-state index is 11.1. The lowest BCUT2D eigenvalue weighted by atomic mass is 10.1. The van der Waals surface area contributed by atoms with Crippen molar-refractivity contribution in [1.82, 2.24) is 4.90 Å². The van der Waals surface area contributed by atoms with Gasteiger partial charge < -0.3 is 14.7 Å². The van der Waals surface area contributed by atoms with Crippen LogP contribution in [0.2, 0.25) is 0 Å². The van der Waals surface area contributed by atoms with Gasteiger partial charge in [0.25, 0.3) is 0 Å². The normalized spacial score (nSPS) is 25.6. The quantitative estimate of drug-likeness (QED) is 0.631. The van der Waals surface area contributed by atoms with Crippen LogP contribution in [0.25, 0.3) is 0 Å². The number of carbonyl (C=O) groups is 1. The molecule has 1 aliphatic rings. The van der Waals surface area contributed by atoms with Crippen molar-refractivity contribution in [2.45, 2.75) is 31.9 Å². The molecule has 1 saturated heterocycles. The topological polar surface area (TPSA) is 49.8 Å². The number of likely N-dealkylation sites (tertiary alicyclic amines) is 1. The number of amides is 1. The van der Waals surface area contributed by atoms with Crippen molar-refractivity contribution in [3.05, 3.63) is 0 Å². The van der Waals surface area contributed by atoms with Crippen LogP contribution in [0.15, 0.2) is 0 Å². The van der Waals surface area contributed by atoms with E-state index >= 15 is 0 Å². The molecule has 2 unspecified atom stereocenters. The summed E-state index contributed by atoms with van der Waals surface area (Å²) < 4.78 is 4.59. The van der Waals surface area contributed by atoms with E-state index in [4.69, 9.17) is 0 Å². The van der Waals surface area contributed by atoms with E-state index in [-0.39, 0.29) is 12.1 Å². The fourth-order valence-corrected chi connectivity index (χ4v) is 1.64. The highest BCUT2D eigenvalue weighted by Gasteiger charge is 2.32. The van der Waals surface area contributed by atoms with Crippen LogP contribution in [0.4, 0.5) is 4.79 Å². The second kappa shape index (κ2) is 3.76. The van der Waals surface area contributed by atoms with E-state index in [1.807, 2.05) is 0 Å². The van der Waals surface area contributed by atoms with Gasteiger partial charge in [0, 0.05) is 6.54 Å². The second-order valence-corrected chi connectivity index (χ2v) is 3.11. The summed E-state index contributed by atoms with van der Waals surface area (Å²) in [4.78, 5) is 12.7. The first kappa shape index (κ1) is 9.32. The van der Waals surface area contributed by atoms with Gasteiger partial charge >= 0.3 is 6.09 Å². The Morgan fingerprint density at radius 2 is 2.42 bits per heavy atom. The molecule has 0 bridgehead atoms. The van der Waals surface area contributed by atoms with Gasteiger partial charge in [-0.05, 0) is 19.8 Å². The van der Waals surface area contributed by atoms with Crippen LogP contribution < -0.4 is 0 Å². The Labute approximate surface area is 72.1 Å². The van der Waals surface area contributed by atoms with Crippen LogP contribution in [0.1, 0.15) is 19.8 Å². The van der Waals surface area contributed by atoms with E-state index in [2.05, 4.69) is 4.74 Å². The number of aliphatic hydroxyl groups excluding tert-OH is 1. The van der Waals surface area contributed by atoms with E-state index < -0.39 is 6.10 Å². The third-order valence-corrected chi connectivity index (χ3v) is 2.27. The van der Waals surface area contributed by atoms with Crippen LogP contribution in [-0.2, 0) is 4.74 Å². The molecule has 1 fully saturated rings. The monoisotopic (exact) mass is 173 g/mol. The molecule has 70 valence electrons. The standard InChI is InChI=1S/C8H15NO3/c1-6(10)7-4-3-5-9(7)8(11)12-2/h6-7,10H,3-5H2,1-2H3. The Kier molecular flexibility index (Phi) is 2.92. The first-order valence-corrected chi connectivity index (χ1v) is 4.19. The van der Waals surface area contributed by atoms with Gasteiger partial charge in [-0.15, -0.1) is 0 Å². The number of hydrogen-bond acceptors (Lipinski definition) is 3. The van der Waals surface area contributed by atoms with Crippen molar-refractivity contribution in [3.8, 4) is 0 Å². The summed E-state index contributed by atoms with van der Waals surface area (Å²) in [6.07, 6.45) is 1.02. The molecule has 0 aromatic rings. The number of aliphatic hydroxyl groups is 1. The molecular weight excluding hydrogens is 158 g/mol. The molecule has 1 amide bonds. The highest BCUT2D eigenvalue weighted by molar-refractivity contribution is 5.68. The number of hydrogen-bond donors (Lipinski definition) is 1. The van der Waals surface area contributed by atoms with E-state index in [0.717, 1.165) is 12.8 Å². The van der Waals surface area contributed by atoms with Gasteiger partial charge in [-0.2, -0.15) is 0 Å². The molecule has 0 aromatic carbocycles. The maximum Gasteiger partial charge on any atom is 0.409 e. The molecule has 1 heterocycles. The summed E-state index contributed by atoms with van der Waals surface area (Å²) in [6.45, 7) is 2.40. The number of nitrogens with zero attached hydrogens (tertiary/aromatic N) is 1. The van der Waals surface area contributed by atoms with Crippen LogP contribution in [0.3, 0.4) is 0 Å². The molecule has 0 spiro atoms. The summed E-state index contributed by atoms with van der Waals surface area (Å²) in [5, 5.41) is 9.32. The van der Waals surface area contributed by atoms with Crippen molar-refractivity contribution < 1.29 is 14.6 Å².